The van der Waals surface area contributed by atoms with E-state index in [0.717, 1.165) is 22.1 Å². The minimum atomic E-state index is 0.727. The van der Waals surface area contributed by atoms with Gasteiger partial charge in [0.15, 0.2) is 0 Å². The van der Waals surface area contributed by atoms with Gasteiger partial charge in [-0.25, -0.2) is 9.98 Å². The Morgan fingerprint density at radius 2 is 2.00 bits per heavy atom. The lowest BCUT2D eigenvalue weighted by Gasteiger charge is -1.92. The zero-order valence-corrected chi connectivity index (χ0v) is 10.3. The number of rotatable bonds is 3. The Morgan fingerprint density at radius 3 is 2.78 bits per heavy atom. The number of thiazole rings is 1. The Bertz CT molecular complexity index is 642. The van der Waals surface area contributed by atoms with Gasteiger partial charge in [-0.15, -0.1) is 11.3 Å². The van der Waals surface area contributed by atoms with Crippen LogP contribution < -0.4 is 0 Å². The molecule has 0 saturated heterocycles. The van der Waals surface area contributed by atoms with E-state index in [0.29, 0.717) is 0 Å². The van der Waals surface area contributed by atoms with Crippen LogP contribution in [0.2, 0.25) is 0 Å². The van der Waals surface area contributed by atoms with Crippen molar-refractivity contribution in [2.45, 2.75) is 0 Å². The van der Waals surface area contributed by atoms with E-state index in [4.69, 9.17) is 4.42 Å². The number of hydrogen-bond donors (Lipinski definition) is 0. The molecule has 1 aromatic carbocycles. The minimum Gasteiger partial charge on any atom is -0.463 e. The maximum Gasteiger partial charge on any atom is 0.209 e. The van der Waals surface area contributed by atoms with Gasteiger partial charge in [-0.3, -0.25) is 0 Å². The van der Waals surface area contributed by atoms with Gasteiger partial charge in [0.05, 0.1) is 18.2 Å². The SMILES string of the molecule is C(=Nc1nc(-c2ccccc2)cs1)c1ccco1. The summed E-state index contributed by atoms with van der Waals surface area (Å²) in [6.45, 7) is 0. The Kier molecular flexibility index (Phi) is 3.02. The molecule has 0 saturated carbocycles. The van der Waals surface area contributed by atoms with Gasteiger partial charge in [0, 0.05) is 10.9 Å². The number of hydrogen-bond acceptors (Lipinski definition) is 4. The lowest BCUT2D eigenvalue weighted by Crippen LogP contribution is -1.76. The Labute approximate surface area is 108 Å². The molecular weight excluding hydrogens is 244 g/mol. The summed E-state index contributed by atoms with van der Waals surface area (Å²) < 4.78 is 5.17. The Balaban J connectivity index is 1.82. The molecule has 0 spiro atoms. The third-order valence-corrected chi connectivity index (χ3v) is 3.16. The molecule has 0 N–H and O–H groups in total. The molecule has 88 valence electrons. The summed E-state index contributed by atoms with van der Waals surface area (Å²) in [5, 5.41) is 2.73. The number of furan rings is 1. The summed E-state index contributed by atoms with van der Waals surface area (Å²) >= 11 is 1.52. The molecule has 2 heterocycles. The average molecular weight is 254 g/mol. The second kappa shape index (κ2) is 4.98. The molecule has 4 heteroatoms. The molecule has 0 aliphatic rings. The number of benzene rings is 1. The highest BCUT2D eigenvalue weighted by atomic mass is 32.1. The van der Waals surface area contributed by atoms with E-state index in [1.165, 1.54) is 11.3 Å². The van der Waals surface area contributed by atoms with Crippen LogP contribution in [0, 0.1) is 0 Å². The van der Waals surface area contributed by atoms with Gasteiger partial charge in [0.2, 0.25) is 5.13 Å². The molecule has 3 nitrogen and oxygen atoms in total. The van der Waals surface area contributed by atoms with E-state index in [1.807, 2.05) is 47.8 Å². The van der Waals surface area contributed by atoms with Crippen LogP contribution in [-0.2, 0) is 0 Å². The van der Waals surface area contributed by atoms with Crippen LogP contribution in [0.1, 0.15) is 5.76 Å². The van der Waals surface area contributed by atoms with Crippen LogP contribution >= 0.6 is 11.3 Å². The van der Waals surface area contributed by atoms with Crippen LogP contribution in [-0.4, -0.2) is 11.2 Å². The Hall–Kier alpha value is -2.20. The summed E-state index contributed by atoms with van der Waals surface area (Å²) in [6, 6.07) is 13.8. The van der Waals surface area contributed by atoms with Gasteiger partial charge < -0.3 is 4.42 Å². The fraction of sp³-hybridized carbons (Fsp3) is 0. The van der Waals surface area contributed by atoms with Crippen LogP contribution in [0.15, 0.2) is 63.5 Å². The molecule has 0 unspecified atom stereocenters. The summed E-state index contributed by atoms with van der Waals surface area (Å²) in [7, 11) is 0. The fourth-order valence-corrected chi connectivity index (χ4v) is 2.22. The highest BCUT2D eigenvalue weighted by Gasteiger charge is 2.02. The topological polar surface area (TPSA) is 38.4 Å². The first kappa shape index (κ1) is 10.9. The van der Waals surface area contributed by atoms with E-state index < -0.39 is 0 Å². The van der Waals surface area contributed by atoms with E-state index in [1.54, 1.807) is 12.5 Å². The maximum absolute atomic E-state index is 5.17. The quantitative estimate of drug-likeness (QED) is 0.658. The highest BCUT2D eigenvalue weighted by Crippen LogP contribution is 2.26. The standard InChI is InChI=1S/C14H10N2OS/c1-2-5-11(6-3-1)13-10-18-14(16-13)15-9-12-7-4-8-17-12/h1-10H. The molecule has 0 aliphatic carbocycles. The summed E-state index contributed by atoms with van der Waals surface area (Å²) in [5.41, 5.74) is 2.06. The van der Waals surface area contributed by atoms with E-state index in [2.05, 4.69) is 9.98 Å². The summed E-state index contributed by atoms with van der Waals surface area (Å²) in [6.07, 6.45) is 3.30. The Morgan fingerprint density at radius 1 is 1.11 bits per heavy atom. The van der Waals surface area contributed by atoms with Crippen molar-refractivity contribution in [3.05, 3.63) is 59.9 Å². The van der Waals surface area contributed by atoms with Crippen molar-refractivity contribution in [2.24, 2.45) is 4.99 Å². The minimum absolute atomic E-state index is 0.727. The molecule has 3 rings (SSSR count). The van der Waals surface area contributed by atoms with Crippen molar-refractivity contribution in [3.8, 4) is 11.3 Å². The first-order chi connectivity index (χ1) is 8.92. The van der Waals surface area contributed by atoms with E-state index in [-0.39, 0.29) is 0 Å². The first-order valence-corrected chi connectivity index (χ1v) is 6.38. The van der Waals surface area contributed by atoms with Gasteiger partial charge in [0.1, 0.15) is 5.76 Å². The molecule has 0 aliphatic heterocycles. The number of nitrogens with zero attached hydrogens (tertiary/aromatic N) is 2. The van der Waals surface area contributed by atoms with Gasteiger partial charge in [0.25, 0.3) is 0 Å². The predicted octanol–water partition coefficient (Wildman–Crippen LogP) is 4.15. The van der Waals surface area contributed by atoms with Crippen LogP contribution in [0.3, 0.4) is 0 Å². The number of aromatic nitrogens is 1. The van der Waals surface area contributed by atoms with E-state index >= 15 is 0 Å². The molecule has 0 fully saturated rings. The van der Waals surface area contributed by atoms with Gasteiger partial charge in [-0.2, -0.15) is 0 Å². The lowest BCUT2D eigenvalue weighted by atomic mass is 10.2. The fourth-order valence-electron chi connectivity index (χ4n) is 1.55. The smallest absolute Gasteiger partial charge is 0.209 e. The second-order valence-corrected chi connectivity index (χ2v) is 4.49. The molecule has 0 atom stereocenters. The van der Waals surface area contributed by atoms with Crippen molar-refractivity contribution in [1.82, 2.24) is 4.98 Å². The molecule has 0 radical (unpaired) electrons. The second-order valence-electron chi connectivity index (χ2n) is 3.65. The average Bonchev–Trinajstić information content (AvgIpc) is 3.09. The highest BCUT2D eigenvalue weighted by molar-refractivity contribution is 7.13. The normalized spacial score (nSPS) is 11.1. The monoisotopic (exact) mass is 254 g/mol. The predicted molar refractivity (Wildman–Crippen MR) is 73.5 cm³/mol. The summed E-state index contributed by atoms with van der Waals surface area (Å²) in [4.78, 5) is 8.74. The van der Waals surface area contributed by atoms with Crippen molar-refractivity contribution in [2.75, 3.05) is 0 Å². The molecule has 3 aromatic rings. The largest absolute Gasteiger partial charge is 0.463 e. The van der Waals surface area contributed by atoms with Gasteiger partial charge >= 0.3 is 0 Å². The van der Waals surface area contributed by atoms with Crippen LogP contribution in [0.4, 0.5) is 5.13 Å². The van der Waals surface area contributed by atoms with Gasteiger partial charge in [-0.05, 0) is 12.1 Å². The maximum atomic E-state index is 5.17. The van der Waals surface area contributed by atoms with Crippen molar-refractivity contribution < 1.29 is 4.42 Å². The molecular formula is C14H10N2OS. The molecule has 0 bridgehead atoms. The third-order valence-electron chi connectivity index (χ3n) is 2.41. The lowest BCUT2D eigenvalue weighted by molar-refractivity contribution is 0.560. The molecule has 18 heavy (non-hydrogen) atoms. The van der Waals surface area contributed by atoms with Crippen LogP contribution in [0.5, 0.6) is 0 Å². The van der Waals surface area contributed by atoms with Crippen LogP contribution in [0.25, 0.3) is 11.3 Å². The van der Waals surface area contributed by atoms with Crippen molar-refractivity contribution in [3.63, 3.8) is 0 Å². The zero-order chi connectivity index (χ0) is 12.2. The van der Waals surface area contributed by atoms with Gasteiger partial charge in [-0.1, -0.05) is 30.3 Å². The third kappa shape index (κ3) is 2.38. The first-order valence-electron chi connectivity index (χ1n) is 5.50. The number of aliphatic imine (C=N–C) groups is 1. The summed E-state index contributed by atoms with van der Waals surface area (Å²) in [5.74, 6) is 0.728. The van der Waals surface area contributed by atoms with Crippen molar-refractivity contribution >= 4 is 22.7 Å². The zero-order valence-electron chi connectivity index (χ0n) is 9.48. The molecule has 0 amide bonds. The van der Waals surface area contributed by atoms with E-state index in [9.17, 15) is 0 Å². The molecule has 2 aromatic heterocycles. The van der Waals surface area contributed by atoms with Crippen molar-refractivity contribution in [1.29, 1.82) is 0 Å².